The lowest BCUT2D eigenvalue weighted by atomic mass is 10.00. The maximum absolute atomic E-state index is 13.6. The van der Waals surface area contributed by atoms with E-state index in [9.17, 15) is 29.4 Å². The number of H-pyrrole nitrogens is 1. The number of nitrogens with one attached hydrogen (secondary N) is 4. The number of fused-ring (bicyclic) bond motifs is 1. The number of carboxylic acid groups (broad SMARTS) is 1. The molecule has 1 aromatic carbocycles. The molecule has 0 bridgehead atoms. The number of aliphatic imine (C=N–C) groups is 1. The molecule has 0 saturated heterocycles. The van der Waals surface area contributed by atoms with Gasteiger partial charge in [0, 0.05) is 30.1 Å². The van der Waals surface area contributed by atoms with Gasteiger partial charge in [-0.2, -0.15) is 0 Å². The number of aliphatic hydroxyl groups excluding tert-OH is 1. The summed E-state index contributed by atoms with van der Waals surface area (Å²) < 4.78 is 0. The first-order chi connectivity index (χ1) is 19.3. The summed E-state index contributed by atoms with van der Waals surface area (Å²) in [5.74, 6) is -3.53. The van der Waals surface area contributed by atoms with Crippen molar-refractivity contribution in [1.82, 2.24) is 20.9 Å². The Bertz CT molecular complexity index is 1220. The van der Waals surface area contributed by atoms with Gasteiger partial charge in [0.15, 0.2) is 12.0 Å². The average molecular weight is 575 g/mol. The molecule has 3 amide bonds. The van der Waals surface area contributed by atoms with Gasteiger partial charge in [-0.05, 0) is 43.7 Å². The molecule has 1 aromatic heterocycles. The quantitative estimate of drug-likeness (QED) is 0.0680. The maximum atomic E-state index is 13.6. The van der Waals surface area contributed by atoms with E-state index >= 15 is 0 Å². The molecule has 0 aliphatic carbocycles. The number of carbonyl (C=O) groups is 4. The van der Waals surface area contributed by atoms with Gasteiger partial charge in [-0.1, -0.05) is 32.0 Å². The Labute approximate surface area is 238 Å². The molecular weight excluding hydrogens is 532 g/mol. The SMILES string of the molecule is CC(C)CC(NC(=O)C(Cc1c[nH]c2ccccc12)NC(=O)C(N)CCCN=C(N)N)C(=O)NC(C(=O)O)C(C)O. The Hall–Kier alpha value is -4.17. The van der Waals surface area contributed by atoms with E-state index in [0.717, 1.165) is 16.5 Å². The Kier molecular flexibility index (Phi) is 12.5. The van der Waals surface area contributed by atoms with Crippen LogP contribution in [0.1, 0.15) is 45.6 Å². The van der Waals surface area contributed by atoms with Crippen LogP contribution in [0.25, 0.3) is 10.9 Å². The standard InChI is InChI=1S/C27H42N8O6/c1-14(2)11-20(25(39)35-22(15(3)36)26(40)41)34-24(38)21(12-16-13-32-19-9-5-4-7-17(16)19)33-23(37)18(28)8-6-10-31-27(29)30/h4-5,7,9,13-15,18,20-22,32,36H,6,8,10-12,28H2,1-3H3,(H,33,37)(H,34,38)(H,35,39)(H,40,41)(H4,29,30,31). The molecule has 5 unspecified atom stereocenters. The summed E-state index contributed by atoms with van der Waals surface area (Å²) in [5, 5.41) is 27.7. The molecule has 14 heteroatoms. The van der Waals surface area contributed by atoms with Crippen LogP contribution in [-0.2, 0) is 25.6 Å². The monoisotopic (exact) mass is 574 g/mol. The van der Waals surface area contributed by atoms with E-state index in [1.54, 1.807) is 6.20 Å². The van der Waals surface area contributed by atoms with Crippen LogP contribution in [0.15, 0.2) is 35.5 Å². The molecular formula is C27H42N8O6. The minimum Gasteiger partial charge on any atom is -0.480 e. The number of nitrogens with two attached hydrogens (primary N) is 3. The number of hydrogen-bond donors (Lipinski definition) is 9. The van der Waals surface area contributed by atoms with E-state index in [4.69, 9.17) is 17.2 Å². The van der Waals surface area contributed by atoms with Crippen molar-refractivity contribution in [3.8, 4) is 0 Å². The summed E-state index contributed by atoms with van der Waals surface area (Å²) in [6.45, 7) is 5.20. The van der Waals surface area contributed by atoms with Crippen molar-refractivity contribution in [2.45, 2.75) is 76.7 Å². The number of aromatic nitrogens is 1. The van der Waals surface area contributed by atoms with E-state index in [1.807, 2.05) is 38.1 Å². The van der Waals surface area contributed by atoms with Gasteiger partial charge >= 0.3 is 5.97 Å². The van der Waals surface area contributed by atoms with Gasteiger partial charge in [0.05, 0.1) is 12.1 Å². The highest BCUT2D eigenvalue weighted by molar-refractivity contribution is 5.95. The minimum atomic E-state index is -1.56. The molecule has 14 nitrogen and oxygen atoms in total. The predicted molar refractivity (Wildman–Crippen MR) is 154 cm³/mol. The van der Waals surface area contributed by atoms with Crippen LogP contribution in [0.4, 0.5) is 0 Å². The molecule has 2 rings (SSSR count). The number of aromatic amines is 1. The second kappa shape index (κ2) is 15.6. The molecule has 0 saturated carbocycles. The van der Waals surface area contributed by atoms with Crippen LogP contribution in [0.2, 0.25) is 0 Å². The summed E-state index contributed by atoms with van der Waals surface area (Å²) in [6, 6.07) is 2.73. The molecule has 0 aliphatic rings. The molecule has 12 N–H and O–H groups in total. The number of aliphatic carboxylic acids is 1. The molecule has 41 heavy (non-hydrogen) atoms. The Morgan fingerprint density at radius 3 is 2.22 bits per heavy atom. The third kappa shape index (κ3) is 10.4. The van der Waals surface area contributed by atoms with Gasteiger partial charge in [0.25, 0.3) is 0 Å². The summed E-state index contributed by atoms with van der Waals surface area (Å²) in [5.41, 5.74) is 18.3. The van der Waals surface area contributed by atoms with Crippen molar-refractivity contribution in [3.05, 3.63) is 36.0 Å². The Balaban J connectivity index is 2.27. The summed E-state index contributed by atoms with van der Waals surface area (Å²) in [6.07, 6.45) is 1.35. The van der Waals surface area contributed by atoms with Gasteiger partial charge in [-0.25, -0.2) is 4.79 Å². The minimum absolute atomic E-state index is 0.0545. The van der Waals surface area contributed by atoms with Crippen LogP contribution in [0, 0.1) is 5.92 Å². The van der Waals surface area contributed by atoms with E-state index in [-0.39, 0.29) is 31.1 Å². The third-order valence-electron chi connectivity index (χ3n) is 6.42. The predicted octanol–water partition coefficient (Wildman–Crippen LogP) is -0.943. The zero-order valence-corrected chi connectivity index (χ0v) is 23.6. The lowest BCUT2D eigenvalue weighted by Crippen LogP contribution is -2.58. The number of aliphatic hydroxyl groups is 1. The summed E-state index contributed by atoms with van der Waals surface area (Å²) >= 11 is 0. The van der Waals surface area contributed by atoms with Crippen LogP contribution in [-0.4, -0.2) is 81.7 Å². The smallest absolute Gasteiger partial charge is 0.328 e. The lowest BCUT2D eigenvalue weighted by Gasteiger charge is -2.26. The molecule has 1 heterocycles. The number of guanidine groups is 1. The van der Waals surface area contributed by atoms with Gasteiger partial charge in [-0.3, -0.25) is 19.4 Å². The van der Waals surface area contributed by atoms with E-state index in [2.05, 4.69) is 25.9 Å². The first-order valence-electron chi connectivity index (χ1n) is 13.5. The van der Waals surface area contributed by atoms with Gasteiger partial charge in [0.2, 0.25) is 17.7 Å². The van der Waals surface area contributed by atoms with E-state index in [0.29, 0.717) is 13.0 Å². The molecule has 0 radical (unpaired) electrons. The molecule has 0 spiro atoms. The fourth-order valence-corrected chi connectivity index (χ4v) is 4.28. The zero-order chi connectivity index (χ0) is 30.7. The van der Waals surface area contributed by atoms with E-state index in [1.165, 1.54) is 6.92 Å². The zero-order valence-electron chi connectivity index (χ0n) is 23.6. The topological polar surface area (TPSA) is 251 Å². The van der Waals surface area contributed by atoms with Crippen molar-refractivity contribution in [2.24, 2.45) is 28.1 Å². The normalized spacial score (nSPS) is 14.9. The number of benzene rings is 1. The van der Waals surface area contributed by atoms with E-state index < -0.39 is 54.0 Å². The van der Waals surface area contributed by atoms with Crippen molar-refractivity contribution >= 4 is 40.6 Å². The largest absolute Gasteiger partial charge is 0.480 e. The maximum Gasteiger partial charge on any atom is 0.328 e. The highest BCUT2D eigenvalue weighted by Gasteiger charge is 2.32. The number of carbonyl (C=O) groups excluding carboxylic acids is 3. The third-order valence-corrected chi connectivity index (χ3v) is 6.42. The molecule has 5 atom stereocenters. The van der Waals surface area contributed by atoms with Gasteiger partial charge in [-0.15, -0.1) is 0 Å². The van der Waals surface area contributed by atoms with Gasteiger partial charge in [0.1, 0.15) is 12.1 Å². The summed E-state index contributed by atoms with van der Waals surface area (Å²) in [7, 11) is 0. The summed E-state index contributed by atoms with van der Waals surface area (Å²) in [4.78, 5) is 58.1. The number of nitrogens with zero attached hydrogens (tertiary/aromatic N) is 1. The first kappa shape index (κ1) is 33.0. The van der Waals surface area contributed by atoms with Crippen molar-refractivity contribution in [2.75, 3.05) is 6.54 Å². The highest BCUT2D eigenvalue weighted by atomic mass is 16.4. The van der Waals surface area contributed by atoms with Crippen LogP contribution in [0.5, 0.6) is 0 Å². The first-order valence-corrected chi connectivity index (χ1v) is 13.5. The number of hydrogen-bond acceptors (Lipinski definition) is 7. The second-order valence-electron chi connectivity index (χ2n) is 10.4. The number of para-hydroxylation sites is 1. The van der Waals surface area contributed by atoms with Crippen molar-refractivity contribution in [1.29, 1.82) is 0 Å². The average Bonchev–Trinajstić information content (AvgIpc) is 3.30. The molecule has 2 aromatic rings. The second-order valence-corrected chi connectivity index (χ2v) is 10.4. The van der Waals surface area contributed by atoms with Crippen molar-refractivity contribution in [3.63, 3.8) is 0 Å². The Morgan fingerprint density at radius 2 is 1.61 bits per heavy atom. The van der Waals surface area contributed by atoms with Gasteiger partial charge < -0.3 is 48.3 Å². The molecule has 0 aliphatic heterocycles. The highest BCUT2D eigenvalue weighted by Crippen LogP contribution is 2.19. The number of amides is 3. The Morgan fingerprint density at radius 1 is 0.976 bits per heavy atom. The fraction of sp³-hybridized carbons (Fsp3) is 0.519. The number of rotatable bonds is 16. The molecule has 0 fully saturated rings. The van der Waals surface area contributed by atoms with Crippen LogP contribution in [0.3, 0.4) is 0 Å². The molecule has 226 valence electrons. The lowest BCUT2D eigenvalue weighted by molar-refractivity contribution is -0.145. The fourth-order valence-electron chi connectivity index (χ4n) is 4.28. The van der Waals surface area contributed by atoms with Crippen molar-refractivity contribution < 1.29 is 29.4 Å². The van der Waals surface area contributed by atoms with Crippen LogP contribution < -0.4 is 33.2 Å². The number of carboxylic acids is 1. The van der Waals surface area contributed by atoms with Crippen LogP contribution >= 0.6 is 0 Å².